The number of nitrogens with zero attached hydrogens (tertiary/aromatic N) is 2. The number of nitrogens with two attached hydrogens (primary N) is 1. The molecule has 18 heavy (non-hydrogen) atoms. The fraction of sp³-hybridized carbons (Fsp3) is 0.857. The van der Waals surface area contributed by atoms with Crippen LogP contribution < -0.4 is 5.40 Å². The second kappa shape index (κ2) is 4.00. The highest BCUT2D eigenvalue weighted by molar-refractivity contribution is 6.75. The van der Waals surface area contributed by atoms with Crippen LogP contribution in [-0.2, 0) is 0 Å². The van der Waals surface area contributed by atoms with Crippen molar-refractivity contribution >= 4 is 8.56 Å². The molecule has 0 amide bonds. The van der Waals surface area contributed by atoms with Crippen LogP contribution in [0, 0.1) is 0 Å². The highest BCUT2D eigenvalue weighted by Crippen LogP contribution is 2.45. The Morgan fingerprint density at radius 2 is 1.00 bits per heavy atom. The minimum atomic E-state index is -2.26. The molecule has 3 nitrogen and oxygen atoms in total. The molecule has 0 aromatic rings. The Labute approximate surface area is 114 Å². The summed E-state index contributed by atoms with van der Waals surface area (Å²) < 4.78 is 4.84. The number of rotatable bonds is 0. The topological polar surface area (TPSA) is 32.5 Å². The Morgan fingerprint density at radius 1 is 0.722 bits per heavy atom. The van der Waals surface area contributed by atoms with Crippen molar-refractivity contribution in [1.82, 2.24) is 9.13 Å². The lowest BCUT2D eigenvalue weighted by Gasteiger charge is -2.55. The Balaban J connectivity index is 3.34. The summed E-state index contributed by atoms with van der Waals surface area (Å²) in [5, 5.41) is 7.11. The van der Waals surface area contributed by atoms with Gasteiger partial charge in [-0.25, -0.2) is 0 Å². The van der Waals surface area contributed by atoms with Crippen molar-refractivity contribution in [2.45, 2.75) is 78.4 Å². The van der Waals surface area contributed by atoms with Gasteiger partial charge in [-0.2, -0.15) is 0 Å². The van der Waals surface area contributed by atoms with Gasteiger partial charge in [0.1, 0.15) is 0 Å². The zero-order valence-electron chi connectivity index (χ0n) is 13.6. The second-order valence-corrected chi connectivity index (χ2v) is 12.3. The molecule has 0 aromatic heterocycles. The lowest BCUT2D eigenvalue weighted by Crippen LogP contribution is -2.77. The molecule has 0 unspecified atom stereocenters. The van der Waals surface area contributed by atoms with E-state index in [0.29, 0.717) is 0 Å². The molecular formula is C14H31N3Si. The first kappa shape index (κ1) is 15.6. The van der Waals surface area contributed by atoms with Crippen molar-refractivity contribution in [3.63, 3.8) is 0 Å². The first-order valence-corrected chi connectivity index (χ1v) is 8.75. The molecule has 0 fully saturated rings. The van der Waals surface area contributed by atoms with Crippen LogP contribution in [0.1, 0.15) is 62.3 Å². The molecule has 0 atom stereocenters. The van der Waals surface area contributed by atoms with Gasteiger partial charge in [0, 0.05) is 28.5 Å². The van der Waals surface area contributed by atoms with E-state index in [2.05, 4.69) is 83.8 Å². The Hall–Kier alpha value is -0.483. The predicted octanol–water partition coefficient (Wildman–Crippen LogP) is 3.37. The quantitative estimate of drug-likeness (QED) is 0.684. The second-order valence-electron chi connectivity index (χ2n) is 8.36. The van der Waals surface area contributed by atoms with Crippen LogP contribution in [0.15, 0.2) is 12.4 Å². The van der Waals surface area contributed by atoms with E-state index in [0.717, 1.165) is 0 Å². The van der Waals surface area contributed by atoms with Gasteiger partial charge in [0.05, 0.1) is 0 Å². The highest BCUT2D eigenvalue weighted by atomic mass is 28.4. The van der Waals surface area contributed by atoms with E-state index >= 15 is 0 Å². The average molecular weight is 270 g/mol. The van der Waals surface area contributed by atoms with Gasteiger partial charge < -0.3 is 14.5 Å². The summed E-state index contributed by atoms with van der Waals surface area (Å²) >= 11 is 0. The monoisotopic (exact) mass is 269 g/mol. The Morgan fingerprint density at radius 3 is 1.17 bits per heavy atom. The van der Waals surface area contributed by atoms with Gasteiger partial charge in [-0.15, -0.1) is 0 Å². The van der Waals surface area contributed by atoms with Crippen LogP contribution >= 0.6 is 0 Å². The van der Waals surface area contributed by atoms with E-state index in [4.69, 9.17) is 5.40 Å². The predicted molar refractivity (Wildman–Crippen MR) is 82.0 cm³/mol. The largest absolute Gasteiger partial charge is 0.369 e. The van der Waals surface area contributed by atoms with E-state index in [1.54, 1.807) is 0 Å². The summed E-state index contributed by atoms with van der Waals surface area (Å²) in [4.78, 5) is 0. The maximum atomic E-state index is 7.03. The van der Waals surface area contributed by atoms with E-state index in [1.807, 2.05) is 0 Å². The van der Waals surface area contributed by atoms with E-state index in [9.17, 15) is 0 Å². The third kappa shape index (κ3) is 2.32. The molecular weight excluding hydrogens is 238 g/mol. The fourth-order valence-corrected chi connectivity index (χ4v) is 6.98. The summed E-state index contributed by atoms with van der Waals surface area (Å²) in [6.07, 6.45) is 4.39. The van der Waals surface area contributed by atoms with Gasteiger partial charge in [0.15, 0.2) is 0 Å². The Kier molecular flexibility index (Phi) is 3.46. The number of hydrogen-bond donors (Lipinski definition) is 1. The van der Waals surface area contributed by atoms with Gasteiger partial charge >= 0.3 is 8.56 Å². The lowest BCUT2D eigenvalue weighted by molar-refractivity contribution is 0.244. The van der Waals surface area contributed by atoms with Gasteiger partial charge in [-0.1, -0.05) is 20.8 Å². The molecule has 0 saturated heterocycles. The molecule has 0 radical (unpaired) electrons. The average Bonchev–Trinajstić information content (AvgIpc) is 2.40. The van der Waals surface area contributed by atoms with Crippen molar-refractivity contribution in [2.75, 3.05) is 0 Å². The summed E-state index contributed by atoms with van der Waals surface area (Å²) in [7, 11) is -2.26. The molecule has 1 heterocycles. The molecule has 4 heteroatoms. The first-order chi connectivity index (χ1) is 7.72. The molecule has 1 aliphatic heterocycles. The molecule has 0 saturated carbocycles. The van der Waals surface area contributed by atoms with Crippen LogP contribution in [-0.4, -0.2) is 28.8 Å². The summed E-state index contributed by atoms with van der Waals surface area (Å²) in [6, 6.07) is 0. The lowest BCUT2D eigenvalue weighted by atomic mass is 10.1. The van der Waals surface area contributed by atoms with Crippen molar-refractivity contribution in [3.8, 4) is 0 Å². The van der Waals surface area contributed by atoms with Crippen LogP contribution in [0.5, 0.6) is 0 Å². The first-order valence-electron chi connectivity index (χ1n) is 6.78. The fourth-order valence-electron chi connectivity index (χ4n) is 2.67. The van der Waals surface area contributed by atoms with Gasteiger partial charge in [0.25, 0.3) is 0 Å². The van der Waals surface area contributed by atoms with Crippen LogP contribution in [0.4, 0.5) is 0 Å². The van der Waals surface area contributed by atoms with Crippen LogP contribution in [0.25, 0.3) is 0 Å². The summed E-state index contributed by atoms with van der Waals surface area (Å²) in [5.41, 5.74) is 0.121. The maximum Gasteiger partial charge on any atom is 0.349 e. The third-order valence-corrected chi connectivity index (χ3v) is 8.97. The minimum absolute atomic E-state index is 0.0603. The van der Waals surface area contributed by atoms with Crippen molar-refractivity contribution in [2.24, 2.45) is 5.40 Å². The maximum absolute atomic E-state index is 7.03. The number of hydrogen-bond acceptors (Lipinski definition) is 3. The smallest absolute Gasteiger partial charge is 0.349 e. The van der Waals surface area contributed by atoms with E-state index in [-0.39, 0.29) is 16.1 Å². The standard InChI is InChI=1S/C14H31N3Si/c1-12(2,3)16-10-11-17(13(4,5)6)18(16,15)14(7,8)9/h10-11H,15H2,1-9H3. The summed E-state index contributed by atoms with van der Waals surface area (Å²) in [5.74, 6) is 0. The molecule has 0 spiro atoms. The van der Waals surface area contributed by atoms with Crippen LogP contribution in [0.2, 0.25) is 5.04 Å². The molecule has 0 aliphatic carbocycles. The summed E-state index contributed by atoms with van der Waals surface area (Å²) in [6.45, 7) is 20.2. The zero-order chi connectivity index (χ0) is 14.6. The molecule has 1 aliphatic rings. The van der Waals surface area contributed by atoms with Gasteiger partial charge in [-0.05, 0) is 41.5 Å². The van der Waals surface area contributed by atoms with Crippen LogP contribution in [0.3, 0.4) is 0 Å². The van der Waals surface area contributed by atoms with E-state index < -0.39 is 8.56 Å². The molecule has 0 bridgehead atoms. The molecule has 106 valence electrons. The van der Waals surface area contributed by atoms with Crippen molar-refractivity contribution < 1.29 is 0 Å². The molecule has 0 aromatic carbocycles. The molecule has 1 rings (SSSR count). The highest BCUT2D eigenvalue weighted by Gasteiger charge is 2.59. The van der Waals surface area contributed by atoms with Crippen molar-refractivity contribution in [1.29, 1.82) is 0 Å². The zero-order valence-corrected chi connectivity index (χ0v) is 14.6. The minimum Gasteiger partial charge on any atom is -0.369 e. The van der Waals surface area contributed by atoms with Gasteiger partial charge in [0.2, 0.25) is 0 Å². The molecule has 2 N–H and O–H groups in total. The third-order valence-electron chi connectivity index (χ3n) is 3.65. The normalized spacial score (nSPS) is 20.8. The SMILES string of the molecule is CC(C)(C)N1C=CN(C(C)(C)C)[Si]1(N)C(C)(C)C. The van der Waals surface area contributed by atoms with Gasteiger partial charge in [-0.3, -0.25) is 0 Å². The van der Waals surface area contributed by atoms with E-state index in [1.165, 1.54) is 0 Å². The Bertz CT molecular complexity index is 318. The van der Waals surface area contributed by atoms with Crippen molar-refractivity contribution in [3.05, 3.63) is 12.4 Å².